The second kappa shape index (κ2) is 9.27. The third-order valence-electron chi connectivity index (χ3n) is 5.48. The fourth-order valence-electron chi connectivity index (χ4n) is 3.86. The molecule has 0 amide bonds. The van der Waals surface area contributed by atoms with Gasteiger partial charge in [-0.3, -0.25) is 4.79 Å². The first-order valence-electron chi connectivity index (χ1n) is 11.1. The van der Waals surface area contributed by atoms with Gasteiger partial charge < -0.3 is 19.1 Å². The van der Waals surface area contributed by atoms with Gasteiger partial charge in [0.25, 0.3) is 0 Å². The van der Waals surface area contributed by atoms with E-state index >= 15 is 0 Å². The monoisotopic (exact) mass is 456 g/mol. The number of hydrogen-bond acceptors (Lipinski definition) is 5. The van der Waals surface area contributed by atoms with E-state index in [-0.39, 0.29) is 6.54 Å². The average Bonchev–Trinajstić information content (AvgIpc) is 3.43. The number of nitrogens with zero attached hydrogens (tertiary/aromatic N) is 4. The van der Waals surface area contributed by atoms with Crippen molar-refractivity contribution in [2.45, 2.75) is 19.9 Å². The Labute approximate surface area is 195 Å². The lowest BCUT2D eigenvalue weighted by Crippen LogP contribution is -2.08. The molecule has 0 radical (unpaired) electrons. The van der Waals surface area contributed by atoms with E-state index in [0.717, 1.165) is 38.9 Å². The predicted octanol–water partition coefficient (Wildman–Crippen LogP) is 4.62. The van der Waals surface area contributed by atoms with E-state index in [1.807, 2.05) is 73.7 Å². The van der Waals surface area contributed by atoms with E-state index < -0.39 is 5.97 Å². The second-order valence-corrected chi connectivity index (χ2v) is 8.06. The van der Waals surface area contributed by atoms with Crippen LogP contribution >= 0.6 is 0 Å². The van der Waals surface area contributed by atoms with E-state index in [1.165, 1.54) is 0 Å². The minimum absolute atomic E-state index is 0.0634. The summed E-state index contributed by atoms with van der Waals surface area (Å²) in [5, 5.41) is 19.1. The number of carbonyl (C=O) groups is 1. The van der Waals surface area contributed by atoms with E-state index in [1.54, 1.807) is 15.6 Å². The molecule has 34 heavy (non-hydrogen) atoms. The highest BCUT2D eigenvalue weighted by Gasteiger charge is 2.11. The Morgan fingerprint density at radius 2 is 1.71 bits per heavy atom. The van der Waals surface area contributed by atoms with Crippen LogP contribution in [0.1, 0.15) is 12.0 Å². The van der Waals surface area contributed by atoms with Crippen LogP contribution in [0.25, 0.3) is 27.6 Å². The first-order chi connectivity index (χ1) is 16.6. The molecule has 1 N–H and O–H groups in total. The van der Waals surface area contributed by atoms with Crippen molar-refractivity contribution in [1.29, 1.82) is 0 Å². The highest BCUT2D eigenvalue weighted by molar-refractivity contribution is 5.83. The maximum Gasteiger partial charge on any atom is 0.323 e. The Morgan fingerprint density at radius 1 is 0.941 bits per heavy atom. The SMILES string of the molecule is Cc1ccc(OCCCOc2ccc3c(ccn3CC(=O)O)c2)c(-n2nc3ccccc3n2)c1. The molecule has 172 valence electrons. The number of aryl methyl sites for hydroxylation is 1. The zero-order valence-corrected chi connectivity index (χ0v) is 18.7. The number of hydrogen-bond donors (Lipinski definition) is 1. The third kappa shape index (κ3) is 4.56. The minimum Gasteiger partial charge on any atom is -0.493 e. The Balaban J connectivity index is 1.20. The molecule has 5 aromatic rings. The van der Waals surface area contributed by atoms with Crippen LogP contribution in [0.15, 0.2) is 72.9 Å². The number of aliphatic carboxylic acids is 1. The summed E-state index contributed by atoms with van der Waals surface area (Å²) in [7, 11) is 0. The average molecular weight is 457 g/mol. The quantitative estimate of drug-likeness (QED) is 0.326. The molecule has 2 aromatic heterocycles. The number of carboxylic acids is 1. The van der Waals surface area contributed by atoms with E-state index in [0.29, 0.717) is 25.4 Å². The standard InChI is InChI=1S/C26H24N4O4/c1-18-7-10-25(24(15-18)30-27-21-5-2-3-6-22(21)28-30)34-14-4-13-33-20-8-9-23-19(16-20)11-12-29(23)17-26(31)32/h2-3,5-12,15-16H,4,13-14,17H2,1H3,(H,31,32). The van der Waals surface area contributed by atoms with Gasteiger partial charge in [-0.25, -0.2) is 0 Å². The topological polar surface area (TPSA) is 91.4 Å². The summed E-state index contributed by atoms with van der Waals surface area (Å²) in [6, 6.07) is 21.3. The van der Waals surface area contributed by atoms with Crippen molar-refractivity contribution >= 4 is 27.9 Å². The van der Waals surface area contributed by atoms with Crippen LogP contribution in [0.4, 0.5) is 0 Å². The lowest BCUT2D eigenvalue weighted by Gasteiger charge is -2.12. The Kier molecular flexibility index (Phi) is 5.86. The summed E-state index contributed by atoms with van der Waals surface area (Å²) >= 11 is 0. The van der Waals surface area contributed by atoms with Crippen LogP contribution in [-0.4, -0.2) is 43.9 Å². The van der Waals surface area contributed by atoms with Crippen molar-refractivity contribution in [3.8, 4) is 17.2 Å². The first kappa shape index (κ1) is 21.5. The van der Waals surface area contributed by atoms with Crippen LogP contribution in [-0.2, 0) is 11.3 Å². The molecule has 0 saturated carbocycles. The fraction of sp³-hybridized carbons (Fsp3) is 0.192. The molecule has 0 saturated heterocycles. The van der Waals surface area contributed by atoms with E-state index in [4.69, 9.17) is 14.6 Å². The van der Waals surface area contributed by atoms with Gasteiger partial charge in [0.2, 0.25) is 0 Å². The van der Waals surface area contributed by atoms with Gasteiger partial charge in [-0.05, 0) is 61.0 Å². The number of rotatable bonds is 9. The summed E-state index contributed by atoms with van der Waals surface area (Å²) in [5.74, 6) is 0.585. The maximum absolute atomic E-state index is 11.0. The maximum atomic E-state index is 11.0. The molecule has 3 aromatic carbocycles. The molecule has 0 aliphatic heterocycles. The van der Waals surface area contributed by atoms with Crippen LogP contribution in [0.2, 0.25) is 0 Å². The van der Waals surface area contributed by atoms with Gasteiger partial charge in [0.1, 0.15) is 34.8 Å². The Bertz CT molecular complexity index is 1440. The number of ether oxygens (including phenoxy) is 2. The second-order valence-electron chi connectivity index (χ2n) is 8.06. The van der Waals surface area contributed by atoms with Crippen molar-refractivity contribution in [3.05, 3.63) is 78.5 Å². The molecule has 0 bridgehead atoms. The van der Waals surface area contributed by atoms with Crippen LogP contribution in [0.3, 0.4) is 0 Å². The van der Waals surface area contributed by atoms with Crippen LogP contribution in [0.5, 0.6) is 11.5 Å². The van der Waals surface area contributed by atoms with E-state index in [9.17, 15) is 4.79 Å². The van der Waals surface area contributed by atoms with Crippen molar-refractivity contribution in [3.63, 3.8) is 0 Å². The highest BCUT2D eigenvalue weighted by Crippen LogP contribution is 2.25. The Hall–Kier alpha value is -4.33. The molecule has 0 atom stereocenters. The zero-order chi connectivity index (χ0) is 23.5. The summed E-state index contributed by atoms with van der Waals surface area (Å²) < 4.78 is 13.6. The van der Waals surface area contributed by atoms with Gasteiger partial charge in [0.05, 0.1) is 13.2 Å². The van der Waals surface area contributed by atoms with Crippen LogP contribution in [0, 0.1) is 6.92 Å². The third-order valence-corrected chi connectivity index (χ3v) is 5.48. The zero-order valence-electron chi connectivity index (χ0n) is 18.7. The number of fused-ring (bicyclic) bond motifs is 2. The lowest BCUT2D eigenvalue weighted by molar-refractivity contribution is -0.137. The molecule has 0 unspecified atom stereocenters. The molecule has 0 aliphatic rings. The largest absolute Gasteiger partial charge is 0.493 e. The van der Waals surface area contributed by atoms with Crippen LogP contribution < -0.4 is 9.47 Å². The first-order valence-corrected chi connectivity index (χ1v) is 11.1. The molecule has 8 nitrogen and oxygen atoms in total. The summed E-state index contributed by atoms with van der Waals surface area (Å²) in [6.07, 6.45) is 2.47. The van der Waals surface area contributed by atoms with Gasteiger partial charge in [0, 0.05) is 23.5 Å². The Morgan fingerprint density at radius 3 is 2.47 bits per heavy atom. The van der Waals surface area contributed by atoms with Gasteiger partial charge in [-0.15, -0.1) is 15.0 Å². The van der Waals surface area contributed by atoms with Crippen molar-refractivity contribution in [1.82, 2.24) is 19.6 Å². The fourth-order valence-corrected chi connectivity index (χ4v) is 3.86. The van der Waals surface area contributed by atoms with Crippen molar-refractivity contribution in [2.75, 3.05) is 13.2 Å². The number of carboxylic acid groups (broad SMARTS) is 1. The highest BCUT2D eigenvalue weighted by atomic mass is 16.5. The van der Waals surface area contributed by atoms with Gasteiger partial charge in [-0.2, -0.15) is 0 Å². The minimum atomic E-state index is -0.869. The molecular formula is C26H24N4O4. The molecule has 0 aliphatic carbocycles. The summed E-state index contributed by atoms with van der Waals surface area (Å²) in [5.41, 5.74) is 4.43. The predicted molar refractivity (Wildman–Crippen MR) is 129 cm³/mol. The molecule has 0 fully saturated rings. The summed E-state index contributed by atoms with van der Waals surface area (Å²) in [6.45, 7) is 2.93. The van der Waals surface area contributed by atoms with Gasteiger partial charge in [0.15, 0.2) is 0 Å². The van der Waals surface area contributed by atoms with Gasteiger partial charge in [-0.1, -0.05) is 18.2 Å². The molecule has 5 rings (SSSR count). The van der Waals surface area contributed by atoms with Gasteiger partial charge >= 0.3 is 5.97 Å². The normalized spacial score (nSPS) is 11.2. The molecule has 8 heteroatoms. The molecular weight excluding hydrogens is 432 g/mol. The smallest absolute Gasteiger partial charge is 0.323 e. The molecule has 2 heterocycles. The summed E-state index contributed by atoms with van der Waals surface area (Å²) in [4.78, 5) is 12.6. The number of benzene rings is 3. The van der Waals surface area contributed by atoms with E-state index in [2.05, 4.69) is 10.2 Å². The molecule has 0 spiro atoms. The number of aromatic nitrogens is 4. The van der Waals surface area contributed by atoms with Crippen molar-refractivity contribution < 1.29 is 19.4 Å². The van der Waals surface area contributed by atoms with Crippen molar-refractivity contribution in [2.24, 2.45) is 0 Å². The lowest BCUT2D eigenvalue weighted by atomic mass is 10.2.